The third kappa shape index (κ3) is 2.41. The van der Waals surface area contributed by atoms with Crippen LogP contribution in [-0.2, 0) is 11.8 Å². The average Bonchev–Trinajstić information content (AvgIpc) is 2.01. The Balaban J connectivity index is 3.15. The molecule has 1 aromatic rings. The number of hydrogen-bond acceptors (Lipinski definition) is 3. The SMILES string of the molecule is CC(C)(O)c1ccnc(C(F)(F)F)n1. The topological polar surface area (TPSA) is 46.0 Å². The Hall–Kier alpha value is -1.17. The van der Waals surface area contributed by atoms with Crippen molar-refractivity contribution in [1.29, 1.82) is 0 Å². The summed E-state index contributed by atoms with van der Waals surface area (Å²) in [5.74, 6) is -1.24. The zero-order chi connectivity index (χ0) is 11.0. The maximum Gasteiger partial charge on any atom is 0.451 e. The van der Waals surface area contributed by atoms with Gasteiger partial charge >= 0.3 is 6.18 Å². The van der Waals surface area contributed by atoms with Crippen molar-refractivity contribution in [2.75, 3.05) is 0 Å². The van der Waals surface area contributed by atoms with E-state index in [9.17, 15) is 18.3 Å². The molecule has 0 unspecified atom stereocenters. The zero-order valence-electron chi connectivity index (χ0n) is 7.63. The second kappa shape index (κ2) is 3.20. The van der Waals surface area contributed by atoms with E-state index >= 15 is 0 Å². The first-order valence-electron chi connectivity index (χ1n) is 3.84. The predicted octanol–water partition coefficient (Wildman–Crippen LogP) is 1.72. The molecule has 78 valence electrons. The molecule has 0 atom stereocenters. The smallest absolute Gasteiger partial charge is 0.384 e. The first-order chi connectivity index (χ1) is 6.21. The van der Waals surface area contributed by atoms with Gasteiger partial charge in [0.15, 0.2) is 0 Å². The third-order valence-electron chi connectivity index (χ3n) is 1.54. The van der Waals surface area contributed by atoms with Crippen LogP contribution in [0, 0.1) is 0 Å². The van der Waals surface area contributed by atoms with Crippen LogP contribution in [0.15, 0.2) is 12.3 Å². The van der Waals surface area contributed by atoms with Gasteiger partial charge in [0.25, 0.3) is 0 Å². The molecule has 0 aliphatic heterocycles. The van der Waals surface area contributed by atoms with Crippen molar-refractivity contribution in [3.8, 4) is 0 Å². The summed E-state index contributed by atoms with van der Waals surface area (Å²) in [4.78, 5) is 6.31. The standard InChI is InChI=1S/C8H9F3N2O/c1-7(2,14)5-3-4-12-6(13-5)8(9,10)11/h3-4,14H,1-2H3. The molecular formula is C8H9F3N2O. The first-order valence-corrected chi connectivity index (χ1v) is 3.84. The van der Waals surface area contributed by atoms with E-state index in [0.29, 0.717) is 0 Å². The summed E-state index contributed by atoms with van der Waals surface area (Å²) >= 11 is 0. The summed E-state index contributed by atoms with van der Waals surface area (Å²) in [5, 5.41) is 9.42. The molecular weight excluding hydrogens is 197 g/mol. The van der Waals surface area contributed by atoms with E-state index in [2.05, 4.69) is 9.97 Å². The number of alkyl halides is 3. The van der Waals surface area contributed by atoms with Crippen LogP contribution in [0.25, 0.3) is 0 Å². The van der Waals surface area contributed by atoms with Crippen LogP contribution < -0.4 is 0 Å². The van der Waals surface area contributed by atoms with Crippen LogP contribution in [0.2, 0.25) is 0 Å². The van der Waals surface area contributed by atoms with Gasteiger partial charge in [-0.05, 0) is 19.9 Å². The molecule has 1 heterocycles. The molecule has 6 heteroatoms. The van der Waals surface area contributed by atoms with E-state index in [1.807, 2.05) is 0 Å². The molecule has 0 radical (unpaired) electrons. The van der Waals surface area contributed by atoms with E-state index in [4.69, 9.17) is 0 Å². The number of halogens is 3. The molecule has 0 spiro atoms. The normalized spacial score (nSPS) is 13.0. The van der Waals surface area contributed by atoms with E-state index in [1.54, 1.807) is 0 Å². The van der Waals surface area contributed by atoms with Gasteiger partial charge in [0.05, 0.1) is 5.69 Å². The van der Waals surface area contributed by atoms with Crippen LogP contribution in [0.3, 0.4) is 0 Å². The molecule has 1 rings (SSSR count). The van der Waals surface area contributed by atoms with Crippen LogP contribution >= 0.6 is 0 Å². The fourth-order valence-corrected chi connectivity index (χ4v) is 0.836. The Morgan fingerprint density at radius 2 is 1.86 bits per heavy atom. The van der Waals surface area contributed by atoms with Crippen molar-refractivity contribution in [3.63, 3.8) is 0 Å². The van der Waals surface area contributed by atoms with E-state index < -0.39 is 17.6 Å². The van der Waals surface area contributed by atoms with Crippen LogP contribution in [0.5, 0.6) is 0 Å². The minimum atomic E-state index is -4.58. The summed E-state index contributed by atoms with van der Waals surface area (Å²) in [6.07, 6.45) is -3.61. The van der Waals surface area contributed by atoms with Gasteiger partial charge in [-0.2, -0.15) is 13.2 Å². The monoisotopic (exact) mass is 206 g/mol. The number of rotatable bonds is 1. The Morgan fingerprint density at radius 3 is 2.29 bits per heavy atom. The highest BCUT2D eigenvalue weighted by Gasteiger charge is 2.35. The van der Waals surface area contributed by atoms with Gasteiger partial charge in [-0.3, -0.25) is 0 Å². The quantitative estimate of drug-likeness (QED) is 0.761. The lowest BCUT2D eigenvalue weighted by molar-refractivity contribution is -0.145. The number of nitrogens with zero attached hydrogens (tertiary/aromatic N) is 2. The van der Waals surface area contributed by atoms with Crippen LogP contribution in [-0.4, -0.2) is 15.1 Å². The molecule has 0 aliphatic carbocycles. The van der Waals surface area contributed by atoms with Gasteiger partial charge in [-0.15, -0.1) is 0 Å². The molecule has 0 amide bonds. The highest BCUT2D eigenvalue weighted by Crippen LogP contribution is 2.27. The summed E-state index contributed by atoms with van der Waals surface area (Å²) < 4.78 is 36.4. The Morgan fingerprint density at radius 1 is 1.29 bits per heavy atom. The molecule has 1 aromatic heterocycles. The van der Waals surface area contributed by atoms with Crippen molar-refractivity contribution < 1.29 is 18.3 Å². The van der Waals surface area contributed by atoms with Gasteiger partial charge in [0, 0.05) is 6.20 Å². The predicted molar refractivity (Wildman–Crippen MR) is 42.3 cm³/mol. The number of aromatic nitrogens is 2. The largest absolute Gasteiger partial charge is 0.451 e. The van der Waals surface area contributed by atoms with Gasteiger partial charge in [0.1, 0.15) is 5.60 Å². The lowest BCUT2D eigenvalue weighted by atomic mass is 10.1. The summed E-state index contributed by atoms with van der Waals surface area (Å²) in [7, 11) is 0. The molecule has 0 saturated heterocycles. The molecule has 14 heavy (non-hydrogen) atoms. The van der Waals surface area contributed by atoms with E-state index in [1.165, 1.54) is 19.9 Å². The minimum Gasteiger partial charge on any atom is -0.384 e. The summed E-state index contributed by atoms with van der Waals surface area (Å²) in [5.41, 5.74) is -1.46. The van der Waals surface area contributed by atoms with Gasteiger partial charge in [-0.25, -0.2) is 9.97 Å². The van der Waals surface area contributed by atoms with Crippen molar-refractivity contribution >= 4 is 0 Å². The third-order valence-corrected chi connectivity index (χ3v) is 1.54. The highest BCUT2D eigenvalue weighted by atomic mass is 19.4. The summed E-state index contributed by atoms with van der Waals surface area (Å²) in [6, 6.07) is 1.25. The first kappa shape index (κ1) is 10.9. The van der Waals surface area contributed by atoms with Gasteiger partial charge < -0.3 is 5.11 Å². The molecule has 0 fully saturated rings. The average molecular weight is 206 g/mol. The maximum atomic E-state index is 12.1. The van der Waals surface area contributed by atoms with Crippen molar-refractivity contribution in [2.45, 2.75) is 25.6 Å². The van der Waals surface area contributed by atoms with Crippen LogP contribution in [0.1, 0.15) is 25.4 Å². The molecule has 0 bridgehead atoms. The van der Waals surface area contributed by atoms with Crippen molar-refractivity contribution in [3.05, 3.63) is 23.8 Å². The zero-order valence-corrected chi connectivity index (χ0v) is 7.63. The Labute approximate surface area is 78.6 Å². The molecule has 1 N–H and O–H groups in total. The van der Waals surface area contributed by atoms with Gasteiger partial charge in [0.2, 0.25) is 5.82 Å². The van der Waals surface area contributed by atoms with E-state index in [-0.39, 0.29) is 5.69 Å². The fourth-order valence-electron chi connectivity index (χ4n) is 0.836. The lowest BCUT2D eigenvalue weighted by Crippen LogP contribution is -2.21. The second-order valence-electron chi connectivity index (χ2n) is 3.32. The summed E-state index contributed by atoms with van der Waals surface area (Å²) in [6.45, 7) is 2.71. The Bertz CT molecular complexity index is 301. The van der Waals surface area contributed by atoms with E-state index in [0.717, 1.165) is 6.20 Å². The van der Waals surface area contributed by atoms with Crippen molar-refractivity contribution in [2.24, 2.45) is 0 Å². The highest BCUT2D eigenvalue weighted by molar-refractivity contribution is 5.10. The fraction of sp³-hybridized carbons (Fsp3) is 0.500. The Kier molecular flexibility index (Phi) is 2.49. The molecule has 0 aliphatic rings. The van der Waals surface area contributed by atoms with Gasteiger partial charge in [-0.1, -0.05) is 0 Å². The number of hydrogen-bond donors (Lipinski definition) is 1. The lowest BCUT2D eigenvalue weighted by Gasteiger charge is -2.17. The number of aliphatic hydroxyl groups is 1. The molecule has 0 aromatic carbocycles. The minimum absolute atomic E-state index is 0.0557. The van der Waals surface area contributed by atoms with Crippen molar-refractivity contribution in [1.82, 2.24) is 9.97 Å². The molecule has 3 nitrogen and oxygen atoms in total. The van der Waals surface area contributed by atoms with Crippen LogP contribution in [0.4, 0.5) is 13.2 Å². The molecule has 0 saturated carbocycles. The maximum absolute atomic E-state index is 12.1. The second-order valence-corrected chi connectivity index (χ2v) is 3.32.